The van der Waals surface area contributed by atoms with Crippen molar-refractivity contribution in [2.24, 2.45) is 0 Å². The number of rotatable bonds is 4. The molecule has 3 nitrogen and oxygen atoms in total. The molecule has 0 N–H and O–H groups in total. The van der Waals surface area contributed by atoms with Gasteiger partial charge in [0.15, 0.2) is 13.9 Å². The zero-order chi connectivity index (χ0) is 16.8. The van der Waals surface area contributed by atoms with Gasteiger partial charge in [-0.25, -0.2) is 9.97 Å². The van der Waals surface area contributed by atoms with E-state index in [9.17, 15) is 0 Å². The first kappa shape index (κ1) is 16.2. The van der Waals surface area contributed by atoms with Gasteiger partial charge < -0.3 is 4.23 Å². The van der Waals surface area contributed by atoms with E-state index in [-0.39, 0.29) is 0 Å². The van der Waals surface area contributed by atoms with Gasteiger partial charge in [-0.05, 0) is 41.0 Å². The van der Waals surface area contributed by atoms with E-state index in [4.69, 9.17) is 9.97 Å². The molecule has 0 radical (unpaired) electrons. The van der Waals surface area contributed by atoms with Crippen LogP contribution in [0.25, 0.3) is 22.2 Å². The molecule has 0 aliphatic rings. The van der Waals surface area contributed by atoms with E-state index in [1.54, 1.807) is 0 Å². The Labute approximate surface area is 139 Å². The summed E-state index contributed by atoms with van der Waals surface area (Å²) in [5, 5.41) is 0. The lowest BCUT2D eigenvalue weighted by molar-refractivity contribution is 0.771. The van der Waals surface area contributed by atoms with Gasteiger partial charge in [-0.2, -0.15) is 0 Å². The number of fused-ring (bicyclic) bond motifs is 2. The number of para-hydroxylation sites is 2. The maximum absolute atomic E-state index is 4.99. The van der Waals surface area contributed by atoms with Crippen LogP contribution in [-0.4, -0.2) is 22.4 Å². The van der Waals surface area contributed by atoms with Crippen LogP contribution >= 0.6 is 0 Å². The molecule has 1 aromatic carbocycles. The first-order valence-corrected chi connectivity index (χ1v) is 10.8. The van der Waals surface area contributed by atoms with Crippen LogP contribution in [0, 0.1) is 0 Å². The second-order valence-corrected chi connectivity index (χ2v) is 13.2. The molecule has 2 heterocycles. The summed E-state index contributed by atoms with van der Waals surface area (Å²) in [4.78, 5) is 9.81. The Kier molecular flexibility index (Phi) is 4.04. The van der Waals surface area contributed by atoms with E-state index in [1.165, 1.54) is 0 Å². The fraction of sp³-hybridized carbons (Fsp3) is 0.474. The Hall–Kier alpha value is -1.68. The molecule has 0 atom stereocenters. The molecule has 0 amide bonds. The predicted molar refractivity (Wildman–Crippen MR) is 101 cm³/mol. The van der Waals surface area contributed by atoms with Crippen LogP contribution in [0.2, 0.25) is 16.6 Å². The summed E-state index contributed by atoms with van der Waals surface area (Å²) in [5.74, 6) is 0. The summed E-state index contributed by atoms with van der Waals surface area (Å²) in [6, 6.07) is 10.3. The van der Waals surface area contributed by atoms with Crippen LogP contribution in [-0.2, 0) is 0 Å². The highest BCUT2D eigenvalue weighted by Gasteiger charge is 2.46. The van der Waals surface area contributed by atoms with Crippen molar-refractivity contribution < 1.29 is 0 Å². The summed E-state index contributed by atoms with van der Waals surface area (Å²) in [7, 11) is -1.79. The average Bonchev–Trinajstić information content (AvgIpc) is 2.88. The van der Waals surface area contributed by atoms with Crippen molar-refractivity contribution in [1.82, 2.24) is 14.2 Å². The number of hydrogen-bond donors (Lipinski definition) is 0. The molecule has 4 heteroatoms. The zero-order valence-electron chi connectivity index (χ0n) is 15.0. The Balaban J connectivity index is 2.35. The predicted octanol–water partition coefficient (Wildman–Crippen LogP) is 5.61. The third-order valence-electron chi connectivity index (χ3n) is 5.38. The van der Waals surface area contributed by atoms with Crippen molar-refractivity contribution in [1.29, 1.82) is 0 Å². The number of nitrogens with zero attached hydrogens (tertiary/aromatic N) is 3. The third kappa shape index (κ3) is 2.31. The van der Waals surface area contributed by atoms with Gasteiger partial charge in [-0.15, -0.1) is 0 Å². The van der Waals surface area contributed by atoms with Crippen LogP contribution in [0.15, 0.2) is 36.5 Å². The summed E-state index contributed by atoms with van der Waals surface area (Å²) in [6.07, 6.45) is 2.25. The van der Waals surface area contributed by atoms with Crippen molar-refractivity contribution in [3.8, 4) is 0 Å². The van der Waals surface area contributed by atoms with Gasteiger partial charge in [0.25, 0.3) is 0 Å². The quantitative estimate of drug-likeness (QED) is 0.584. The first-order chi connectivity index (χ1) is 10.9. The molecular weight excluding hydrogens is 298 g/mol. The van der Waals surface area contributed by atoms with Crippen molar-refractivity contribution in [3.63, 3.8) is 0 Å². The molecule has 23 heavy (non-hydrogen) atoms. The molecule has 0 saturated heterocycles. The molecular formula is C19H27N3Si. The molecule has 0 fully saturated rings. The molecule has 0 aliphatic heterocycles. The Morgan fingerprint density at radius 2 is 1.26 bits per heavy atom. The van der Waals surface area contributed by atoms with Gasteiger partial charge in [-0.3, -0.25) is 0 Å². The van der Waals surface area contributed by atoms with Crippen molar-refractivity contribution in [2.75, 3.05) is 0 Å². The minimum atomic E-state index is -1.79. The maximum atomic E-state index is 4.99. The van der Waals surface area contributed by atoms with E-state index >= 15 is 0 Å². The topological polar surface area (TPSA) is 30.7 Å². The van der Waals surface area contributed by atoms with Crippen LogP contribution in [0.1, 0.15) is 41.5 Å². The maximum Gasteiger partial charge on any atom is 0.171 e. The van der Waals surface area contributed by atoms with Crippen LogP contribution < -0.4 is 0 Å². The molecule has 3 aromatic rings. The smallest absolute Gasteiger partial charge is 0.171 e. The molecule has 0 bridgehead atoms. The van der Waals surface area contributed by atoms with Gasteiger partial charge >= 0.3 is 0 Å². The van der Waals surface area contributed by atoms with E-state index in [0.29, 0.717) is 16.6 Å². The molecule has 0 aliphatic carbocycles. The summed E-state index contributed by atoms with van der Waals surface area (Å²) >= 11 is 0. The summed E-state index contributed by atoms with van der Waals surface area (Å²) in [6.45, 7) is 14.3. The highest BCUT2D eigenvalue weighted by Crippen LogP contribution is 2.43. The average molecular weight is 326 g/mol. The molecule has 0 spiro atoms. The molecule has 0 unspecified atom stereocenters. The highest BCUT2D eigenvalue weighted by atomic mass is 28.3. The third-order valence-corrected chi connectivity index (χ3v) is 12.1. The van der Waals surface area contributed by atoms with E-state index in [0.717, 1.165) is 22.2 Å². The molecule has 0 saturated carbocycles. The minimum absolute atomic E-state index is 0.645. The van der Waals surface area contributed by atoms with Gasteiger partial charge in [0.05, 0.1) is 11.0 Å². The second kappa shape index (κ2) is 5.75. The lowest BCUT2D eigenvalue weighted by Crippen LogP contribution is -2.51. The molecule has 3 rings (SSSR count). The number of aromatic nitrogens is 3. The largest absolute Gasteiger partial charge is 0.357 e. The number of hydrogen-bond acceptors (Lipinski definition) is 2. The lowest BCUT2D eigenvalue weighted by Gasteiger charge is -2.44. The minimum Gasteiger partial charge on any atom is -0.357 e. The van der Waals surface area contributed by atoms with Gasteiger partial charge in [0.2, 0.25) is 0 Å². The second-order valence-electron chi connectivity index (χ2n) is 7.46. The number of benzene rings is 1. The Morgan fingerprint density at radius 3 is 1.78 bits per heavy atom. The summed E-state index contributed by atoms with van der Waals surface area (Å²) in [5.41, 5.74) is 5.97. The van der Waals surface area contributed by atoms with Gasteiger partial charge in [-0.1, -0.05) is 53.7 Å². The normalized spacial score (nSPS) is 13.1. The summed E-state index contributed by atoms with van der Waals surface area (Å²) < 4.78 is 2.53. The fourth-order valence-electron chi connectivity index (χ4n) is 4.66. The molecule has 122 valence electrons. The Bertz CT molecular complexity index is 811. The van der Waals surface area contributed by atoms with Crippen LogP contribution in [0.4, 0.5) is 0 Å². The van der Waals surface area contributed by atoms with Gasteiger partial charge in [0.1, 0.15) is 5.52 Å². The first-order valence-electron chi connectivity index (χ1n) is 8.63. The SMILES string of the molecule is CC(C)[Si](C(C)C)(C(C)C)n1ccc2nc3ccccc3nc21. The lowest BCUT2D eigenvalue weighted by atomic mass is 10.3. The van der Waals surface area contributed by atoms with Crippen molar-refractivity contribution in [3.05, 3.63) is 36.5 Å². The van der Waals surface area contributed by atoms with E-state index < -0.39 is 8.24 Å². The Morgan fingerprint density at radius 1 is 0.739 bits per heavy atom. The molecule has 2 aromatic heterocycles. The van der Waals surface area contributed by atoms with Crippen molar-refractivity contribution in [2.45, 2.75) is 58.2 Å². The van der Waals surface area contributed by atoms with E-state index in [2.05, 4.69) is 64.1 Å². The zero-order valence-corrected chi connectivity index (χ0v) is 16.0. The van der Waals surface area contributed by atoms with Crippen molar-refractivity contribution >= 4 is 30.4 Å². The van der Waals surface area contributed by atoms with Gasteiger partial charge in [0, 0.05) is 0 Å². The highest BCUT2D eigenvalue weighted by molar-refractivity contribution is 6.82. The van der Waals surface area contributed by atoms with Crippen LogP contribution in [0.5, 0.6) is 0 Å². The fourth-order valence-corrected chi connectivity index (χ4v) is 11.2. The standard InChI is InChI=1S/C19H27N3Si/c1-13(2)23(14(3)4,15(5)6)22-12-11-18-19(22)21-17-10-8-7-9-16(17)20-18/h7-15H,1-6H3. The van der Waals surface area contributed by atoms with E-state index in [1.807, 2.05) is 18.2 Å². The van der Waals surface area contributed by atoms with Crippen LogP contribution in [0.3, 0.4) is 0 Å². The monoisotopic (exact) mass is 325 g/mol.